The van der Waals surface area contributed by atoms with Crippen molar-refractivity contribution in [3.05, 3.63) is 18.2 Å². The number of carboxylic acids is 1. The van der Waals surface area contributed by atoms with Crippen molar-refractivity contribution in [1.82, 2.24) is 4.72 Å². The molecule has 1 aliphatic rings. The Morgan fingerprint density at radius 3 is 2.68 bits per heavy atom. The van der Waals surface area contributed by atoms with Crippen LogP contribution in [-0.4, -0.2) is 38.0 Å². The number of sulfonamides is 1. The van der Waals surface area contributed by atoms with Crippen molar-refractivity contribution in [3.63, 3.8) is 0 Å². The number of benzene rings is 1. The molecule has 0 unspecified atom stereocenters. The Morgan fingerprint density at radius 1 is 1.41 bits per heavy atom. The van der Waals surface area contributed by atoms with Gasteiger partial charge in [0.15, 0.2) is 6.61 Å². The summed E-state index contributed by atoms with van der Waals surface area (Å²) in [5.41, 5.74) is 0.232. The van der Waals surface area contributed by atoms with Gasteiger partial charge in [-0.05, 0) is 24.1 Å². The first-order chi connectivity index (χ1) is 10.2. The Kier molecular flexibility index (Phi) is 4.38. The van der Waals surface area contributed by atoms with Crippen LogP contribution in [0.15, 0.2) is 23.1 Å². The van der Waals surface area contributed by atoms with E-state index in [0.29, 0.717) is 5.75 Å². The summed E-state index contributed by atoms with van der Waals surface area (Å²) in [6.45, 7) is 3.07. The summed E-state index contributed by atoms with van der Waals surface area (Å²) < 4.78 is 31.9. The minimum atomic E-state index is -4.04. The van der Waals surface area contributed by atoms with Gasteiger partial charge in [-0.25, -0.2) is 8.42 Å². The molecule has 0 aromatic heterocycles. The maximum atomic E-state index is 12.3. The van der Waals surface area contributed by atoms with E-state index < -0.39 is 28.0 Å². The predicted molar refractivity (Wildman–Crippen MR) is 77.2 cm³/mol. The number of amides is 1. The number of carbonyl (C=O) groups excluding carboxylic acids is 1. The smallest absolute Gasteiger partial charge is 0.322 e. The summed E-state index contributed by atoms with van der Waals surface area (Å²) in [5.74, 6) is -1.71. The molecule has 8 nitrogen and oxygen atoms in total. The van der Waals surface area contributed by atoms with E-state index >= 15 is 0 Å². The van der Waals surface area contributed by atoms with Gasteiger partial charge in [0.25, 0.3) is 5.91 Å². The molecule has 0 bridgehead atoms. The zero-order valence-electron chi connectivity index (χ0n) is 12.0. The van der Waals surface area contributed by atoms with E-state index in [1.807, 2.05) is 0 Å². The summed E-state index contributed by atoms with van der Waals surface area (Å²) in [7, 11) is -4.04. The van der Waals surface area contributed by atoms with Gasteiger partial charge in [0.2, 0.25) is 10.0 Å². The monoisotopic (exact) mass is 328 g/mol. The molecule has 120 valence electrons. The van der Waals surface area contributed by atoms with Crippen molar-refractivity contribution >= 4 is 27.6 Å². The predicted octanol–water partition coefficient (Wildman–Crippen LogP) is 0.405. The number of fused-ring (bicyclic) bond motifs is 1. The Bertz CT molecular complexity index is 713. The standard InChI is InChI=1S/C13H16N2O6S/c1-7(2)12(13(17)18)15-22(19,20)8-3-4-10-9(5-8)14-11(16)6-21-10/h3-5,7,12,15H,6H2,1-2H3,(H,14,16)(H,17,18)/t12-/m1/s1. The highest BCUT2D eigenvalue weighted by Gasteiger charge is 2.29. The summed E-state index contributed by atoms with van der Waals surface area (Å²) >= 11 is 0. The molecule has 1 aliphatic heterocycles. The number of hydrogen-bond acceptors (Lipinski definition) is 5. The van der Waals surface area contributed by atoms with Crippen LogP contribution in [0.3, 0.4) is 0 Å². The molecular weight excluding hydrogens is 312 g/mol. The van der Waals surface area contributed by atoms with Gasteiger partial charge in [0, 0.05) is 0 Å². The van der Waals surface area contributed by atoms with Crippen LogP contribution < -0.4 is 14.8 Å². The molecule has 0 aliphatic carbocycles. The fraction of sp³-hybridized carbons (Fsp3) is 0.385. The lowest BCUT2D eigenvalue weighted by Crippen LogP contribution is -2.44. The second kappa shape index (κ2) is 5.93. The molecule has 1 amide bonds. The second-order valence-corrected chi connectivity index (χ2v) is 6.89. The summed E-state index contributed by atoms with van der Waals surface area (Å²) in [5, 5.41) is 11.6. The van der Waals surface area contributed by atoms with Crippen LogP contribution in [0, 0.1) is 5.92 Å². The average molecular weight is 328 g/mol. The molecule has 22 heavy (non-hydrogen) atoms. The highest BCUT2D eigenvalue weighted by molar-refractivity contribution is 7.89. The van der Waals surface area contributed by atoms with Gasteiger partial charge in [-0.1, -0.05) is 13.8 Å². The van der Waals surface area contributed by atoms with Gasteiger partial charge in [0.05, 0.1) is 10.6 Å². The van der Waals surface area contributed by atoms with Crippen molar-refractivity contribution < 1.29 is 27.9 Å². The third-order valence-corrected chi connectivity index (χ3v) is 4.55. The topological polar surface area (TPSA) is 122 Å². The van der Waals surface area contributed by atoms with Crippen molar-refractivity contribution in [1.29, 1.82) is 0 Å². The molecule has 3 N–H and O–H groups in total. The minimum absolute atomic E-state index is 0.133. The average Bonchev–Trinajstić information content (AvgIpc) is 2.43. The van der Waals surface area contributed by atoms with Crippen molar-refractivity contribution in [2.45, 2.75) is 24.8 Å². The van der Waals surface area contributed by atoms with Crippen molar-refractivity contribution in [2.75, 3.05) is 11.9 Å². The largest absolute Gasteiger partial charge is 0.482 e. The van der Waals surface area contributed by atoms with E-state index in [-0.39, 0.29) is 23.1 Å². The lowest BCUT2D eigenvalue weighted by molar-refractivity contribution is -0.140. The van der Waals surface area contributed by atoms with Crippen LogP contribution in [0.5, 0.6) is 5.75 Å². The number of carbonyl (C=O) groups is 2. The van der Waals surface area contributed by atoms with Crippen molar-refractivity contribution in [3.8, 4) is 5.75 Å². The van der Waals surface area contributed by atoms with Gasteiger partial charge in [-0.3, -0.25) is 9.59 Å². The first kappa shape index (κ1) is 16.2. The molecule has 2 rings (SSSR count). The maximum absolute atomic E-state index is 12.3. The Balaban J connectivity index is 2.32. The van der Waals surface area contributed by atoms with Crippen LogP contribution in [0.4, 0.5) is 5.69 Å². The van der Waals surface area contributed by atoms with E-state index in [9.17, 15) is 18.0 Å². The van der Waals surface area contributed by atoms with Gasteiger partial charge in [-0.15, -0.1) is 0 Å². The Morgan fingerprint density at radius 2 is 2.09 bits per heavy atom. The minimum Gasteiger partial charge on any atom is -0.482 e. The van der Waals surface area contributed by atoms with Gasteiger partial charge in [-0.2, -0.15) is 4.72 Å². The van der Waals surface area contributed by atoms with Gasteiger partial charge in [0.1, 0.15) is 11.8 Å². The second-order valence-electron chi connectivity index (χ2n) is 5.18. The van der Waals surface area contributed by atoms with Crippen LogP contribution in [0.2, 0.25) is 0 Å². The molecule has 0 saturated carbocycles. The molecule has 1 atom stereocenters. The summed E-state index contributed by atoms with van der Waals surface area (Å²) in [6, 6.07) is 2.69. The zero-order valence-corrected chi connectivity index (χ0v) is 12.8. The SMILES string of the molecule is CC(C)[C@@H](NS(=O)(=O)c1ccc2c(c1)NC(=O)CO2)C(=O)O. The number of rotatable bonds is 5. The maximum Gasteiger partial charge on any atom is 0.322 e. The summed E-state index contributed by atoms with van der Waals surface area (Å²) in [4.78, 5) is 22.2. The first-order valence-electron chi connectivity index (χ1n) is 6.52. The highest BCUT2D eigenvalue weighted by Crippen LogP contribution is 2.30. The van der Waals surface area contributed by atoms with Crippen LogP contribution in [-0.2, 0) is 19.6 Å². The molecule has 1 aromatic rings. The van der Waals surface area contributed by atoms with Gasteiger partial charge >= 0.3 is 5.97 Å². The molecule has 0 fully saturated rings. The molecule has 0 saturated heterocycles. The van der Waals surface area contributed by atoms with E-state index in [1.54, 1.807) is 13.8 Å². The number of anilines is 1. The molecule has 1 heterocycles. The fourth-order valence-electron chi connectivity index (χ4n) is 1.94. The highest BCUT2D eigenvalue weighted by atomic mass is 32.2. The normalized spacial score (nSPS) is 15.7. The number of carboxylic acid groups (broad SMARTS) is 1. The first-order valence-corrected chi connectivity index (χ1v) is 8.01. The van der Waals surface area contributed by atoms with Crippen molar-refractivity contribution in [2.24, 2.45) is 5.92 Å². The van der Waals surface area contributed by atoms with Gasteiger partial charge < -0.3 is 15.2 Å². The third-order valence-electron chi connectivity index (χ3n) is 3.11. The number of hydrogen-bond donors (Lipinski definition) is 3. The van der Waals surface area contributed by atoms with E-state index in [0.717, 1.165) is 0 Å². The number of nitrogens with one attached hydrogen (secondary N) is 2. The lowest BCUT2D eigenvalue weighted by Gasteiger charge is -2.20. The summed E-state index contributed by atoms with van der Waals surface area (Å²) in [6.07, 6.45) is 0. The Hall–Kier alpha value is -2.13. The fourth-order valence-corrected chi connectivity index (χ4v) is 3.30. The molecular formula is C13H16N2O6S. The van der Waals surface area contributed by atoms with Crippen LogP contribution in [0.1, 0.15) is 13.8 Å². The van der Waals surface area contributed by atoms with E-state index in [2.05, 4.69) is 10.0 Å². The molecule has 1 aromatic carbocycles. The number of ether oxygens (including phenoxy) is 1. The molecule has 0 radical (unpaired) electrons. The zero-order chi connectivity index (χ0) is 16.5. The quantitative estimate of drug-likeness (QED) is 0.719. The van der Waals surface area contributed by atoms with Crippen LogP contribution >= 0.6 is 0 Å². The van der Waals surface area contributed by atoms with E-state index in [4.69, 9.17) is 9.84 Å². The Labute approximate surface area is 127 Å². The number of aliphatic carboxylic acids is 1. The van der Waals surface area contributed by atoms with Crippen LogP contribution in [0.25, 0.3) is 0 Å². The lowest BCUT2D eigenvalue weighted by atomic mass is 10.1. The molecule has 0 spiro atoms. The van der Waals surface area contributed by atoms with E-state index in [1.165, 1.54) is 18.2 Å². The molecule has 9 heteroatoms. The third kappa shape index (κ3) is 3.37.